The second kappa shape index (κ2) is 4.50. The number of alkyl halides is 2. The molecule has 1 rings (SSSR count). The van der Waals surface area contributed by atoms with Crippen molar-refractivity contribution < 1.29 is 22.3 Å². The molecule has 1 aliphatic rings. The standard InChI is InChI=1S/C7H13F2NO3S/c8-7(9)14(12,13)10-5-3-1-2-4-6(5)11/h5-7,10-11H,1-4H2/t5-,6-/m0/s1. The van der Waals surface area contributed by atoms with Crippen molar-refractivity contribution in [3.05, 3.63) is 0 Å². The minimum Gasteiger partial charge on any atom is -0.391 e. The van der Waals surface area contributed by atoms with Gasteiger partial charge in [-0.05, 0) is 12.8 Å². The Morgan fingerprint density at radius 2 is 1.86 bits per heavy atom. The average molecular weight is 229 g/mol. The molecule has 0 spiro atoms. The van der Waals surface area contributed by atoms with E-state index in [1.165, 1.54) is 0 Å². The van der Waals surface area contributed by atoms with Gasteiger partial charge in [0.15, 0.2) is 0 Å². The molecular formula is C7H13F2NO3S. The van der Waals surface area contributed by atoms with Crippen LogP contribution in [0.5, 0.6) is 0 Å². The Morgan fingerprint density at radius 3 is 2.36 bits per heavy atom. The maximum absolute atomic E-state index is 12.0. The van der Waals surface area contributed by atoms with E-state index >= 15 is 0 Å². The molecule has 84 valence electrons. The Morgan fingerprint density at radius 1 is 1.29 bits per heavy atom. The summed E-state index contributed by atoms with van der Waals surface area (Å²) in [5.41, 5.74) is 0. The summed E-state index contributed by atoms with van der Waals surface area (Å²) in [4.78, 5) is 0. The van der Waals surface area contributed by atoms with Crippen LogP contribution in [-0.4, -0.2) is 31.4 Å². The fraction of sp³-hybridized carbons (Fsp3) is 1.00. The third-order valence-electron chi connectivity index (χ3n) is 2.28. The largest absolute Gasteiger partial charge is 0.391 e. The van der Waals surface area contributed by atoms with Crippen LogP contribution in [0.1, 0.15) is 25.7 Å². The summed E-state index contributed by atoms with van der Waals surface area (Å²) in [6.45, 7) is 0. The van der Waals surface area contributed by atoms with E-state index in [-0.39, 0.29) is 0 Å². The molecule has 2 atom stereocenters. The fourth-order valence-electron chi connectivity index (χ4n) is 1.51. The van der Waals surface area contributed by atoms with E-state index in [0.717, 1.165) is 12.8 Å². The fourth-order valence-corrected chi connectivity index (χ4v) is 2.31. The lowest BCUT2D eigenvalue weighted by Gasteiger charge is -2.27. The number of aliphatic hydroxyl groups excluding tert-OH is 1. The van der Waals surface area contributed by atoms with E-state index in [4.69, 9.17) is 0 Å². The molecule has 0 unspecified atom stereocenters. The van der Waals surface area contributed by atoms with Crippen molar-refractivity contribution in [2.75, 3.05) is 0 Å². The number of rotatable bonds is 3. The third kappa shape index (κ3) is 2.86. The van der Waals surface area contributed by atoms with E-state index < -0.39 is 27.9 Å². The van der Waals surface area contributed by atoms with Gasteiger partial charge < -0.3 is 5.11 Å². The normalized spacial score (nSPS) is 29.4. The molecule has 0 aliphatic heterocycles. The SMILES string of the molecule is O=S(=O)(N[C@H]1CCCC[C@@H]1O)C(F)F. The van der Waals surface area contributed by atoms with Crippen LogP contribution in [0.3, 0.4) is 0 Å². The number of nitrogens with one attached hydrogen (secondary N) is 1. The molecule has 0 aromatic heterocycles. The molecule has 2 N–H and O–H groups in total. The van der Waals surface area contributed by atoms with Crippen molar-refractivity contribution in [1.29, 1.82) is 0 Å². The highest BCUT2D eigenvalue weighted by molar-refractivity contribution is 7.89. The van der Waals surface area contributed by atoms with Gasteiger partial charge in [0.25, 0.3) is 10.0 Å². The lowest BCUT2D eigenvalue weighted by atomic mass is 9.93. The molecule has 0 saturated heterocycles. The molecule has 4 nitrogen and oxygen atoms in total. The summed E-state index contributed by atoms with van der Waals surface area (Å²) in [5.74, 6) is -3.43. The Kier molecular flexibility index (Phi) is 3.79. The van der Waals surface area contributed by atoms with Gasteiger partial charge in [-0.2, -0.15) is 8.78 Å². The summed E-state index contributed by atoms with van der Waals surface area (Å²) in [6.07, 6.45) is 1.56. The second-order valence-electron chi connectivity index (χ2n) is 3.38. The van der Waals surface area contributed by atoms with Gasteiger partial charge in [-0.25, -0.2) is 13.1 Å². The number of halogens is 2. The first kappa shape index (κ1) is 11.8. The molecule has 0 bridgehead atoms. The topological polar surface area (TPSA) is 66.4 Å². The zero-order valence-corrected chi connectivity index (χ0v) is 8.30. The molecule has 1 saturated carbocycles. The summed E-state index contributed by atoms with van der Waals surface area (Å²) in [5, 5.41) is 9.34. The van der Waals surface area contributed by atoms with Crippen LogP contribution in [0.4, 0.5) is 8.78 Å². The maximum Gasteiger partial charge on any atom is 0.350 e. The molecule has 0 aromatic carbocycles. The zero-order chi connectivity index (χ0) is 10.8. The highest BCUT2D eigenvalue weighted by Gasteiger charge is 2.31. The van der Waals surface area contributed by atoms with E-state index in [2.05, 4.69) is 0 Å². The number of sulfonamides is 1. The van der Waals surface area contributed by atoms with Gasteiger partial charge in [-0.15, -0.1) is 0 Å². The first-order valence-electron chi connectivity index (χ1n) is 4.41. The number of aliphatic hydroxyl groups is 1. The predicted molar refractivity (Wildman–Crippen MR) is 46.3 cm³/mol. The van der Waals surface area contributed by atoms with Gasteiger partial charge in [0.05, 0.1) is 6.10 Å². The highest BCUT2D eigenvalue weighted by Crippen LogP contribution is 2.19. The van der Waals surface area contributed by atoms with Gasteiger partial charge in [-0.1, -0.05) is 12.8 Å². The van der Waals surface area contributed by atoms with Gasteiger partial charge in [0.1, 0.15) is 0 Å². The van der Waals surface area contributed by atoms with Crippen LogP contribution in [0.25, 0.3) is 0 Å². The molecular weight excluding hydrogens is 216 g/mol. The molecule has 0 heterocycles. The lowest BCUT2D eigenvalue weighted by Crippen LogP contribution is -2.46. The molecule has 0 aromatic rings. The minimum atomic E-state index is -4.57. The van der Waals surface area contributed by atoms with E-state index in [1.807, 2.05) is 4.72 Å². The Balaban J connectivity index is 2.58. The van der Waals surface area contributed by atoms with Gasteiger partial charge in [0, 0.05) is 6.04 Å². The van der Waals surface area contributed by atoms with Gasteiger partial charge in [-0.3, -0.25) is 0 Å². The Hall–Kier alpha value is -0.270. The van der Waals surface area contributed by atoms with Crippen LogP contribution in [0.15, 0.2) is 0 Å². The van der Waals surface area contributed by atoms with Crippen molar-refractivity contribution in [3.63, 3.8) is 0 Å². The summed E-state index contributed by atoms with van der Waals surface area (Å²) in [7, 11) is -4.57. The summed E-state index contributed by atoms with van der Waals surface area (Å²) < 4.78 is 47.3. The third-order valence-corrected chi connectivity index (χ3v) is 3.38. The van der Waals surface area contributed by atoms with Crippen LogP contribution in [-0.2, 0) is 10.0 Å². The molecule has 0 amide bonds. The maximum atomic E-state index is 12.0. The summed E-state index contributed by atoms with van der Waals surface area (Å²) in [6, 6.07) is -0.761. The van der Waals surface area contributed by atoms with Crippen LogP contribution < -0.4 is 4.72 Å². The monoisotopic (exact) mass is 229 g/mol. The van der Waals surface area contributed by atoms with Gasteiger partial charge >= 0.3 is 5.76 Å². The molecule has 1 aliphatic carbocycles. The van der Waals surface area contributed by atoms with Crippen molar-refractivity contribution in [2.24, 2.45) is 0 Å². The van der Waals surface area contributed by atoms with Gasteiger partial charge in [0.2, 0.25) is 0 Å². The van der Waals surface area contributed by atoms with Crippen molar-refractivity contribution >= 4 is 10.0 Å². The first-order chi connectivity index (χ1) is 6.43. The van der Waals surface area contributed by atoms with E-state index in [9.17, 15) is 22.3 Å². The number of hydrogen-bond donors (Lipinski definition) is 2. The summed E-state index contributed by atoms with van der Waals surface area (Å²) >= 11 is 0. The molecule has 0 radical (unpaired) electrons. The quantitative estimate of drug-likeness (QED) is 0.737. The Bertz CT molecular complexity index is 281. The van der Waals surface area contributed by atoms with Crippen LogP contribution >= 0.6 is 0 Å². The number of hydrogen-bond acceptors (Lipinski definition) is 3. The van der Waals surface area contributed by atoms with Crippen molar-refractivity contribution in [2.45, 2.75) is 43.6 Å². The van der Waals surface area contributed by atoms with Crippen LogP contribution in [0, 0.1) is 0 Å². The second-order valence-corrected chi connectivity index (χ2v) is 5.06. The zero-order valence-electron chi connectivity index (χ0n) is 7.49. The average Bonchev–Trinajstić information content (AvgIpc) is 2.08. The minimum absolute atomic E-state index is 0.410. The van der Waals surface area contributed by atoms with Crippen molar-refractivity contribution in [1.82, 2.24) is 4.72 Å². The molecule has 7 heteroatoms. The van der Waals surface area contributed by atoms with E-state index in [0.29, 0.717) is 12.8 Å². The highest BCUT2D eigenvalue weighted by atomic mass is 32.2. The first-order valence-corrected chi connectivity index (χ1v) is 5.95. The predicted octanol–water partition coefficient (Wildman–Crippen LogP) is 0.432. The Labute approximate surface area is 81.4 Å². The molecule has 1 fully saturated rings. The van der Waals surface area contributed by atoms with E-state index in [1.54, 1.807) is 0 Å². The van der Waals surface area contributed by atoms with Crippen molar-refractivity contribution in [3.8, 4) is 0 Å². The van der Waals surface area contributed by atoms with Crippen LogP contribution in [0.2, 0.25) is 0 Å². The smallest absolute Gasteiger partial charge is 0.350 e. The lowest BCUT2D eigenvalue weighted by molar-refractivity contribution is 0.0998. The molecule has 14 heavy (non-hydrogen) atoms.